The van der Waals surface area contributed by atoms with Gasteiger partial charge in [0.2, 0.25) is 0 Å². The number of carbonyl (C=O) groups is 1. The molecule has 0 radical (unpaired) electrons. The normalized spacial score (nSPS) is 20.3. The zero-order valence-electron chi connectivity index (χ0n) is 20.2. The van der Waals surface area contributed by atoms with Gasteiger partial charge in [0, 0.05) is 44.8 Å². The Morgan fingerprint density at radius 2 is 1.52 bits per heavy atom. The molecule has 0 aromatic heterocycles. The second-order valence-electron chi connectivity index (χ2n) is 9.95. The fourth-order valence-corrected chi connectivity index (χ4v) is 5.37. The van der Waals surface area contributed by atoms with Crippen LogP contribution in [-0.2, 0) is 17.9 Å². The lowest BCUT2D eigenvalue weighted by Gasteiger charge is -2.40. The maximum atomic E-state index is 12.9. The lowest BCUT2D eigenvalue weighted by atomic mass is 10.00. The smallest absolute Gasteiger partial charge is 0.410 e. The monoisotopic (exact) mass is 449 g/mol. The third-order valence-electron chi connectivity index (χ3n) is 7.06. The minimum atomic E-state index is -0.181. The Morgan fingerprint density at radius 1 is 0.909 bits per heavy atom. The molecule has 2 aromatic rings. The minimum Gasteiger partial charge on any atom is -0.445 e. The molecule has 0 saturated carbocycles. The lowest BCUT2D eigenvalue weighted by molar-refractivity contribution is 0.0450. The van der Waals surface area contributed by atoms with Crippen LogP contribution in [-0.4, -0.2) is 65.6 Å². The van der Waals surface area contributed by atoms with Crippen molar-refractivity contribution in [3.63, 3.8) is 0 Å². The molecule has 0 unspecified atom stereocenters. The van der Waals surface area contributed by atoms with Crippen LogP contribution >= 0.6 is 0 Å². The molecular formula is C28H39N3O2. The number of likely N-dealkylation sites (tertiary alicyclic amines) is 2. The molecule has 0 spiro atoms. The number of hydrogen-bond acceptors (Lipinski definition) is 4. The average Bonchev–Trinajstić information content (AvgIpc) is 3.26. The quantitative estimate of drug-likeness (QED) is 0.567. The van der Waals surface area contributed by atoms with E-state index in [1.54, 1.807) is 0 Å². The summed E-state index contributed by atoms with van der Waals surface area (Å²) in [6.45, 7) is 11.3. The first kappa shape index (κ1) is 23.8. The first-order valence-electron chi connectivity index (χ1n) is 12.6. The van der Waals surface area contributed by atoms with Crippen molar-refractivity contribution in [3.8, 4) is 0 Å². The van der Waals surface area contributed by atoms with Crippen LogP contribution < -0.4 is 0 Å². The fraction of sp³-hybridized carbons (Fsp3) is 0.536. The van der Waals surface area contributed by atoms with Gasteiger partial charge in [-0.25, -0.2) is 4.79 Å². The average molecular weight is 450 g/mol. The Hall–Kier alpha value is -2.37. The van der Waals surface area contributed by atoms with E-state index in [4.69, 9.17) is 4.74 Å². The molecule has 1 atom stereocenters. The molecule has 2 aliphatic rings. The molecule has 5 nitrogen and oxygen atoms in total. The van der Waals surface area contributed by atoms with Crippen molar-refractivity contribution >= 4 is 6.09 Å². The van der Waals surface area contributed by atoms with Crippen LogP contribution in [0.3, 0.4) is 0 Å². The lowest BCUT2D eigenvalue weighted by Crippen LogP contribution is -2.51. The summed E-state index contributed by atoms with van der Waals surface area (Å²) < 4.78 is 5.67. The van der Waals surface area contributed by atoms with Crippen molar-refractivity contribution in [1.82, 2.24) is 14.7 Å². The van der Waals surface area contributed by atoms with Crippen LogP contribution in [0.4, 0.5) is 4.79 Å². The number of carbonyl (C=O) groups excluding carboxylic acids is 1. The second kappa shape index (κ2) is 11.7. The molecule has 2 aromatic carbocycles. The van der Waals surface area contributed by atoms with Gasteiger partial charge in [0.05, 0.1) is 0 Å². The summed E-state index contributed by atoms with van der Waals surface area (Å²) in [5.41, 5.74) is 2.44. The topological polar surface area (TPSA) is 36.0 Å². The maximum absolute atomic E-state index is 12.9. The van der Waals surface area contributed by atoms with Gasteiger partial charge in [-0.05, 0) is 56.7 Å². The molecule has 2 fully saturated rings. The third kappa shape index (κ3) is 6.81. The number of piperidine rings is 1. The molecular weight excluding hydrogens is 410 g/mol. The van der Waals surface area contributed by atoms with Gasteiger partial charge in [-0.15, -0.1) is 0 Å². The van der Waals surface area contributed by atoms with E-state index >= 15 is 0 Å². The van der Waals surface area contributed by atoms with Gasteiger partial charge in [0.15, 0.2) is 0 Å². The summed E-state index contributed by atoms with van der Waals surface area (Å²) in [4.78, 5) is 20.1. The van der Waals surface area contributed by atoms with Gasteiger partial charge in [-0.3, -0.25) is 4.90 Å². The van der Waals surface area contributed by atoms with Gasteiger partial charge in [0.1, 0.15) is 6.61 Å². The molecule has 178 valence electrons. The van der Waals surface area contributed by atoms with Crippen molar-refractivity contribution in [2.24, 2.45) is 5.92 Å². The molecule has 2 aliphatic heterocycles. The zero-order chi connectivity index (χ0) is 23.0. The Balaban J connectivity index is 1.21. The number of nitrogens with zero attached hydrogens (tertiary/aromatic N) is 3. The molecule has 2 heterocycles. The first-order chi connectivity index (χ1) is 16.1. The van der Waals surface area contributed by atoms with Crippen molar-refractivity contribution in [3.05, 3.63) is 71.8 Å². The molecule has 33 heavy (non-hydrogen) atoms. The van der Waals surface area contributed by atoms with Crippen LogP contribution in [0.5, 0.6) is 0 Å². The molecule has 4 rings (SSSR count). The Morgan fingerprint density at radius 3 is 2.15 bits per heavy atom. The van der Waals surface area contributed by atoms with E-state index in [-0.39, 0.29) is 18.2 Å². The van der Waals surface area contributed by atoms with Gasteiger partial charge < -0.3 is 14.5 Å². The van der Waals surface area contributed by atoms with Crippen LogP contribution in [0.15, 0.2) is 60.7 Å². The van der Waals surface area contributed by atoms with E-state index in [2.05, 4.69) is 54.0 Å². The molecule has 1 amide bonds. The van der Waals surface area contributed by atoms with E-state index in [0.29, 0.717) is 6.61 Å². The summed E-state index contributed by atoms with van der Waals surface area (Å²) in [7, 11) is 0. The van der Waals surface area contributed by atoms with Crippen LogP contribution in [0.25, 0.3) is 0 Å². The standard InChI is InChI=1S/C28H39N3O2/c1-23(2)31(28(32)33-22-25-11-7-4-8-12-25)27-14-17-29(18-15-27)20-26-13-16-30(21-26)19-24-9-5-3-6-10-24/h3-12,23,26-27H,13-22H2,1-2H3/t26-/m0/s1. The van der Waals surface area contributed by atoms with E-state index in [9.17, 15) is 4.79 Å². The summed E-state index contributed by atoms with van der Waals surface area (Å²) in [5.74, 6) is 0.752. The number of benzene rings is 2. The first-order valence-corrected chi connectivity index (χ1v) is 12.6. The largest absolute Gasteiger partial charge is 0.445 e. The van der Waals surface area contributed by atoms with Crippen LogP contribution in [0.2, 0.25) is 0 Å². The second-order valence-corrected chi connectivity index (χ2v) is 9.95. The summed E-state index contributed by atoms with van der Waals surface area (Å²) in [6, 6.07) is 21.1. The summed E-state index contributed by atoms with van der Waals surface area (Å²) >= 11 is 0. The zero-order valence-corrected chi connectivity index (χ0v) is 20.2. The predicted octanol–water partition coefficient (Wildman–Crippen LogP) is 5.02. The Labute approximate surface area is 199 Å². The molecule has 5 heteroatoms. The number of amides is 1. The highest BCUT2D eigenvalue weighted by Crippen LogP contribution is 2.24. The number of hydrogen-bond donors (Lipinski definition) is 0. The summed E-state index contributed by atoms with van der Waals surface area (Å²) in [6.07, 6.45) is 3.16. The molecule has 0 N–H and O–H groups in total. The van der Waals surface area contributed by atoms with Crippen molar-refractivity contribution in [2.75, 3.05) is 32.7 Å². The van der Waals surface area contributed by atoms with Crippen molar-refractivity contribution in [2.45, 2.75) is 58.3 Å². The van der Waals surface area contributed by atoms with Gasteiger partial charge >= 0.3 is 6.09 Å². The van der Waals surface area contributed by atoms with Crippen molar-refractivity contribution in [1.29, 1.82) is 0 Å². The predicted molar refractivity (Wildman–Crippen MR) is 133 cm³/mol. The van der Waals surface area contributed by atoms with Gasteiger partial charge in [0.25, 0.3) is 0 Å². The van der Waals surface area contributed by atoms with Gasteiger partial charge in [-0.2, -0.15) is 0 Å². The van der Waals surface area contributed by atoms with E-state index in [1.807, 2.05) is 35.2 Å². The third-order valence-corrected chi connectivity index (χ3v) is 7.06. The molecule has 2 saturated heterocycles. The highest BCUT2D eigenvalue weighted by Gasteiger charge is 2.32. The van der Waals surface area contributed by atoms with E-state index < -0.39 is 0 Å². The number of rotatable bonds is 8. The van der Waals surface area contributed by atoms with E-state index in [1.165, 1.54) is 31.6 Å². The van der Waals surface area contributed by atoms with E-state index in [0.717, 1.165) is 44.0 Å². The maximum Gasteiger partial charge on any atom is 0.410 e. The fourth-order valence-electron chi connectivity index (χ4n) is 5.37. The SMILES string of the molecule is CC(C)N(C(=O)OCc1ccccc1)C1CCN(C[C@@H]2CCN(Cc3ccccc3)C2)CC1. The van der Waals surface area contributed by atoms with Crippen LogP contribution in [0.1, 0.15) is 44.2 Å². The highest BCUT2D eigenvalue weighted by molar-refractivity contribution is 5.68. The highest BCUT2D eigenvalue weighted by atomic mass is 16.6. The summed E-state index contributed by atoms with van der Waals surface area (Å²) in [5, 5.41) is 0. The Bertz CT molecular complexity index is 850. The number of ether oxygens (including phenoxy) is 1. The van der Waals surface area contributed by atoms with Crippen molar-refractivity contribution < 1.29 is 9.53 Å². The molecule has 0 bridgehead atoms. The Kier molecular flexibility index (Phi) is 8.40. The van der Waals surface area contributed by atoms with Gasteiger partial charge in [-0.1, -0.05) is 60.7 Å². The van der Waals surface area contributed by atoms with Crippen LogP contribution in [0, 0.1) is 5.92 Å². The minimum absolute atomic E-state index is 0.145. The molecule has 0 aliphatic carbocycles.